The fraction of sp³-hybridized carbons (Fsp3) is 0.538. The quantitative estimate of drug-likeness (QED) is 0.519. The van der Waals surface area contributed by atoms with Gasteiger partial charge in [0.1, 0.15) is 5.82 Å². The lowest BCUT2D eigenvalue weighted by Crippen LogP contribution is -2.31. The zero-order chi connectivity index (χ0) is 25.2. The molecule has 0 aliphatic carbocycles. The Bertz CT molecular complexity index is 974. The number of carbonyl (C=O) groups is 2. The molecule has 0 spiro atoms. The second-order valence-corrected chi connectivity index (χ2v) is 9.13. The summed E-state index contributed by atoms with van der Waals surface area (Å²) in [5, 5.41) is 5.90. The van der Waals surface area contributed by atoms with Gasteiger partial charge < -0.3 is 26.2 Å². The third-order valence-corrected chi connectivity index (χ3v) is 6.52. The van der Waals surface area contributed by atoms with Gasteiger partial charge in [-0.15, -0.1) is 0 Å². The summed E-state index contributed by atoms with van der Waals surface area (Å²) in [6.07, 6.45) is 8.71. The summed E-state index contributed by atoms with van der Waals surface area (Å²) in [6, 6.07) is 8.41. The van der Waals surface area contributed by atoms with E-state index in [0.29, 0.717) is 11.7 Å². The fourth-order valence-electron chi connectivity index (χ4n) is 4.42. The molecule has 2 aliphatic heterocycles. The van der Waals surface area contributed by atoms with Gasteiger partial charge in [-0.2, -0.15) is 0 Å². The smallest absolute Gasteiger partial charge is 0.317 e. The highest BCUT2D eigenvalue weighted by molar-refractivity contribution is 5.96. The van der Waals surface area contributed by atoms with Gasteiger partial charge in [0, 0.05) is 38.9 Å². The molecule has 3 heterocycles. The van der Waals surface area contributed by atoms with Crippen molar-refractivity contribution in [2.45, 2.75) is 58.3 Å². The number of urea groups is 1. The first-order valence-corrected chi connectivity index (χ1v) is 12.7. The molecule has 4 rings (SSSR count). The average molecular weight is 482 g/mol. The Kier molecular flexibility index (Phi) is 9.69. The third-order valence-electron chi connectivity index (χ3n) is 6.52. The van der Waals surface area contributed by atoms with Crippen molar-refractivity contribution in [1.82, 2.24) is 20.2 Å². The number of nitrogens with one attached hydrogen (secondary N) is 2. The fourth-order valence-corrected chi connectivity index (χ4v) is 4.42. The van der Waals surface area contributed by atoms with Gasteiger partial charge in [-0.1, -0.05) is 32.4 Å². The highest BCUT2D eigenvalue weighted by Crippen LogP contribution is 2.27. The van der Waals surface area contributed by atoms with Crippen LogP contribution in [-0.4, -0.2) is 60.0 Å². The third kappa shape index (κ3) is 7.31. The average Bonchev–Trinajstić information content (AvgIpc) is 3.26. The van der Waals surface area contributed by atoms with Crippen LogP contribution in [0.2, 0.25) is 0 Å². The van der Waals surface area contributed by atoms with Gasteiger partial charge in [-0.05, 0) is 55.7 Å². The number of amides is 3. The number of nitrogens with two attached hydrogens (primary N) is 1. The van der Waals surface area contributed by atoms with Crippen LogP contribution in [0, 0.1) is 0 Å². The van der Waals surface area contributed by atoms with Gasteiger partial charge in [-0.25, -0.2) is 14.8 Å². The Balaban J connectivity index is 0.000000420. The highest BCUT2D eigenvalue weighted by atomic mass is 16.2. The van der Waals surface area contributed by atoms with Crippen molar-refractivity contribution >= 4 is 29.3 Å². The van der Waals surface area contributed by atoms with Crippen molar-refractivity contribution in [3.63, 3.8) is 0 Å². The largest absolute Gasteiger partial charge is 0.364 e. The maximum Gasteiger partial charge on any atom is 0.317 e. The van der Waals surface area contributed by atoms with Crippen molar-refractivity contribution in [2.24, 2.45) is 5.73 Å². The second-order valence-electron chi connectivity index (χ2n) is 9.13. The van der Waals surface area contributed by atoms with Crippen LogP contribution in [0.1, 0.15) is 74.3 Å². The van der Waals surface area contributed by atoms with Crippen molar-refractivity contribution < 1.29 is 9.59 Å². The topological polar surface area (TPSA) is 116 Å². The summed E-state index contributed by atoms with van der Waals surface area (Å²) in [6.45, 7) is 8.03. The molecular weight excluding hydrogens is 442 g/mol. The number of hydrogen-bond acceptors (Lipinski definition) is 6. The molecule has 1 aromatic heterocycles. The van der Waals surface area contributed by atoms with E-state index in [-0.39, 0.29) is 11.7 Å². The SMILES string of the molecule is CCCC(CC)c1ccc(Nc2nc(N3CCCCC3)cnc2C(N)=O)cc1.CN1CCNC1=O. The number of benzene rings is 1. The van der Waals surface area contributed by atoms with Crippen LogP contribution in [-0.2, 0) is 0 Å². The van der Waals surface area contributed by atoms with Crippen LogP contribution in [0.3, 0.4) is 0 Å². The molecule has 1 atom stereocenters. The standard InChI is InChI=1S/C22H31N5O.C4H8N2O/c1-3-8-16(4-2)17-9-11-18(12-10-17)25-22-20(21(23)28)24-15-19(26-22)27-13-6-5-7-14-27;1-6-3-2-5-4(6)7/h9-12,15-16H,3-8,13-14H2,1-2H3,(H2,23,28)(H,25,26);2-3H2,1H3,(H,5,7). The minimum Gasteiger partial charge on any atom is -0.364 e. The number of hydrogen-bond donors (Lipinski definition) is 3. The molecule has 0 bridgehead atoms. The van der Waals surface area contributed by atoms with Gasteiger partial charge >= 0.3 is 6.03 Å². The van der Waals surface area contributed by atoms with E-state index in [0.717, 1.165) is 56.9 Å². The summed E-state index contributed by atoms with van der Waals surface area (Å²) in [5.74, 6) is 1.22. The lowest BCUT2D eigenvalue weighted by atomic mass is 9.92. The Labute approximate surface area is 208 Å². The Morgan fingerprint density at radius 1 is 1.14 bits per heavy atom. The van der Waals surface area contributed by atoms with E-state index in [9.17, 15) is 9.59 Å². The summed E-state index contributed by atoms with van der Waals surface area (Å²) in [7, 11) is 1.78. The first-order valence-electron chi connectivity index (χ1n) is 12.7. The van der Waals surface area contributed by atoms with Gasteiger partial charge in [0.2, 0.25) is 0 Å². The number of nitrogens with zero attached hydrogens (tertiary/aromatic N) is 4. The number of piperidine rings is 1. The summed E-state index contributed by atoms with van der Waals surface area (Å²) in [5.41, 5.74) is 7.91. The normalized spacial score (nSPS) is 16.3. The highest BCUT2D eigenvalue weighted by Gasteiger charge is 2.18. The summed E-state index contributed by atoms with van der Waals surface area (Å²) in [4.78, 5) is 35.0. The van der Waals surface area contributed by atoms with E-state index < -0.39 is 5.91 Å². The van der Waals surface area contributed by atoms with E-state index in [2.05, 4.69) is 51.5 Å². The number of anilines is 3. The maximum atomic E-state index is 11.8. The molecule has 2 saturated heterocycles. The van der Waals surface area contributed by atoms with E-state index in [4.69, 9.17) is 5.73 Å². The zero-order valence-electron chi connectivity index (χ0n) is 21.2. The van der Waals surface area contributed by atoms with Gasteiger partial charge in [-0.3, -0.25) is 4.79 Å². The van der Waals surface area contributed by atoms with Crippen LogP contribution in [0.4, 0.5) is 22.1 Å². The van der Waals surface area contributed by atoms with E-state index >= 15 is 0 Å². The van der Waals surface area contributed by atoms with E-state index in [1.165, 1.54) is 24.8 Å². The minimum atomic E-state index is -0.578. The van der Waals surface area contributed by atoms with Crippen LogP contribution in [0.15, 0.2) is 30.5 Å². The first kappa shape index (κ1) is 26.2. The molecule has 0 radical (unpaired) electrons. The predicted molar refractivity (Wildman–Crippen MR) is 140 cm³/mol. The Hall–Kier alpha value is -3.36. The van der Waals surface area contributed by atoms with Crippen LogP contribution >= 0.6 is 0 Å². The lowest BCUT2D eigenvalue weighted by Gasteiger charge is -2.27. The van der Waals surface area contributed by atoms with Crippen LogP contribution < -0.4 is 21.3 Å². The number of carbonyl (C=O) groups excluding carboxylic acids is 2. The maximum absolute atomic E-state index is 11.8. The van der Waals surface area contributed by atoms with Gasteiger partial charge in [0.15, 0.2) is 11.5 Å². The summed E-state index contributed by atoms with van der Waals surface area (Å²) >= 11 is 0. The number of rotatable bonds is 8. The number of aromatic nitrogens is 2. The minimum absolute atomic E-state index is 0.0417. The molecular formula is C26H39N7O2. The van der Waals surface area contributed by atoms with Crippen molar-refractivity contribution in [1.29, 1.82) is 0 Å². The predicted octanol–water partition coefficient (Wildman–Crippen LogP) is 4.24. The van der Waals surface area contributed by atoms with Gasteiger partial charge in [0.25, 0.3) is 5.91 Å². The molecule has 2 fully saturated rings. The molecule has 4 N–H and O–H groups in total. The molecule has 3 amide bonds. The second kappa shape index (κ2) is 12.9. The number of likely N-dealkylation sites (N-methyl/N-ethyl adjacent to an activating group) is 1. The van der Waals surface area contributed by atoms with E-state index in [1.54, 1.807) is 18.1 Å². The van der Waals surface area contributed by atoms with Gasteiger partial charge in [0.05, 0.1) is 6.20 Å². The number of primary amides is 1. The van der Waals surface area contributed by atoms with Crippen molar-refractivity contribution in [2.75, 3.05) is 43.4 Å². The Morgan fingerprint density at radius 2 is 1.86 bits per heavy atom. The molecule has 1 unspecified atom stereocenters. The van der Waals surface area contributed by atoms with Crippen LogP contribution in [0.5, 0.6) is 0 Å². The van der Waals surface area contributed by atoms with Crippen molar-refractivity contribution in [3.8, 4) is 0 Å². The molecule has 1 aromatic carbocycles. The molecule has 0 saturated carbocycles. The molecule has 35 heavy (non-hydrogen) atoms. The Morgan fingerprint density at radius 3 is 2.37 bits per heavy atom. The molecule has 2 aliphatic rings. The lowest BCUT2D eigenvalue weighted by molar-refractivity contribution is 0.0996. The van der Waals surface area contributed by atoms with Crippen molar-refractivity contribution in [3.05, 3.63) is 41.7 Å². The van der Waals surface area contributed by atoms with E-state index in [1.807, 2.05) is 12.1 Å². The first-order chi connectivity index (χ1) is 16.9. The monoisotopic (exact) mass is 481 g/mol. The van der Waals surface area contributed by atoms with Crippen LogP contribution in [0.25, 0.3) is 0 Å². The molecule has 2 aromatic rings. The molecule has 190 valence electrons. The molecule has 9 heteroatoms. The summed E-state index contributed by atoms with van der Waals surface area (Å²) < 4.78 is 0. The molecule has 9 nitrogen and oxygen atoms in total. The zero-order valence-corrected chi connectivity index (χ0v) is 21.2.